The predicted molar refractivity (Wildman–Crippen MR) is 89.4 cm³/mol. The van der Waals surface area contributed by atoms with Gasteiger partial charge in [-0.15, -0.1) is 0 Å². The van der Waals surface area contributed by atoms with Crippen molar-refractivity contribution in [3.8, 4) is 0 Å². The molecule has 1 aromatic rings. The topological polar surface area (TPSA) is 0 Å². The molecule has 0 spiro atoms. The third-order valence-electron chi connectivity index (χ3n) is 5.60. The Kier molecular flexibility index (Phi) is 5.29. The molecule has 0 heterocycles. The standard InChI is InChI=1S/C20H32/c1-5-8-13-20(14-9-6-2)16(4)15-18-17(7-3)11-10-12-19(18)20/h10-12,16H,5-9,13-15H2,1-4H3. The van der Waals surface area contributed by atoms with Crippen molar-refractivity contribution in [3.05, 3.63) is 34.9 Å². The SMILES string of the molecule is CCCCC1(CCCC)c2cccc(CC)c2CC1C. The predicted octanol–water partition coefficient (Wildman–Crippen LogP) is 6.06. The van der Waals surface area contributed by atoms with Gasteiger partial charge in [0.25, 0.3) is 0 Å². The van der Waals surface area contributed by atoms with Gasteiger partial charge >= 0.3 is 0 Å². The summed E-state index contributed by atoms with van der Waals surface area (Å²) in [6.07, 6.45) is 10.7. The lowest BCUT2D eigenvalue weighted by Crippen LogP contribution is -2.30. The van der Waals surface area contributed by atoms with E-state index in [2.05, 4.69) is 45.9 Å². The first kappa shape index (κ1) is 15.6. The van der Waals surface area contributed by atoms with Crippen molar-refractivity contribution in [3.63, 3.8) is 0 Å². The van der Waals surface area contributed by atoms with Crippen LogP contribution < -0.4 is 0 Å². The summed E-state index contributed by atoms with van der Waals surface area (Å²) >= 11 is 0. The number of unbranched alkanes of at least 4 members (excludes halogenated alkanes) is 2. The van der Waals surface area contributed by atoms with Gasteiger partial charge in [-0.25, -0.2) is 0 Å². The molecule has 112 valence electrons. The Balaban J connectivity index is 2.41. The summed E-state index contributed by atoms with van der Waals surface area (Å²) in [6.45, 7) is 9.47. The van der Waals surface area contributed by atoms with Gasteiger partial charge in [0.05, 0.1) is 0 Å². The minimum atomic E-state index is 0.479. The number of benzene rings is 1. The van der Waals surface area contributed by atoms with Gasteiger partial charge in [0, 0.05) is 0 Å². The number of hydrogen-bond donors (Lipinski definition) is 0. The monoisotopic (exact) mass is 272 g/mol. The highest BCUT2D eigenvalue weighted by atomic mass is 14.5. The molecule has 20 heavy (non-hydrogen) atoms. The van der Waals surface area contributed by atoms with E-state index < -0.39 is 0 Å². The summed E-state index contributed by atoms with van der Waals surface area (Å²) in [5.74, 6) is 0.822. The zero-order valence-corrected chi connectivity index (χ0v) is 14.0. The highest BCUT2D eigenvalue weighted by Crippen LogP contribution is 2.50. The lowest BCUT2D eigenvalue weighted by atomic mass is 9.68. The molecule has 0 N–H and O–H groups in total. The van der Waals surface area contributed by atoms with Crippen LogP contribution in [-0.4, -0.2) is 0 Å². The van der Waals surface area contributed by atoms with Crippen LogP contribution in [0.25, 0.3) is 0 Å². The Morgan fingerprint density at radius 1 is 1.05 bits per heavy atom. The fourth-order valence-electron chi connectivity index (χ4n) is 4.31. The molecule has 2 rings (SSSR count). The first-order valence-corrected chi connectivity index (χ1v) is 8.80. The second-order valence-corrected chi connectivity index (χ2v) is 6.77. The van der Waals surface area contributed by atoms with Crippen molar-refractivity contribution in [2.45, 2.75) is 84.5 Å². The molecule has 0 aliphatic heterocycles. The highest BCUT2D eigenvalue weighted by Gasteiger charge is 2.43. The Morgan fingerprint density at radius 2 is 1.70 bits per heavy atom. The average Bonchev–Trinajstić information content (AvgIpc) is 2.75. The number of rotatable bonds is 7. The van der Waals surface area contributed by atoms with E-state index in [0.29, 0.717) is 5.41 Å². The molecule has 0 heteroatoms. The minimum absolute atomic E-state index is 0.479. The van der Waals surface area contributed by atoms with Crippen molar-refractivity contribution in [2.24, 2.45) is 5.92 Å². The van der Waals surface area contributed by atoms with Crippen molar-refractivity contribution >= 4 is 0 Å². The third-order valence-corrected chi connectivity index (χ3v) is 5.60. The summed E-state index contributed by atoms with van der Waals surface area (Å²) in [6, 6.07) is 7.10. The number of fused-ring (bicyclic) bond motifs is 1. The van der Waals surface area contributed by atoms with Crippen LogP contribution in [-0.2, 0) is 18.3 Å². The van der Waals surface area contributed by atoms with E-state index in [-0.39, 0.29) is 0 Å². The van der Waals surface area contributed by atoms with Crippen LogP contribution in [0.2, 0.25) is 0 Å². The van der Waals surface area contributed by atoms with E-state index in [0.717, 1.165) is 5.92 Å². The van der Waals surface area contributed by atoms with Gasteiger partial charge in [0.15, 0.2) is 0 Å². The van der Waals surface area contributed by atoms with Crippen LogP contribution in [0.4, 0.5) is 0 Å². The molecule has 0 radical (unpaired) electrons. The molecule has 1 atom stereocenters. The van der Waals surface area contributed by atoms with Gasteiger partial charge in [-0.05, 0) is 53.7 Å². The molecule has 0 saturated carbocycles. The molecule has 0 nitrogen and oxygen atoms in total. The molecular formula is C20H32. The number of hydrogen-bond acceptors (Lipinski definition) is 0. The van der Waals surface area contributed by atoms with Crippen LogP contribution in [0.1, 0.15) is 82.9 Å². The fourth-order valence-corrected chi connectivity index (χ4v) is 4.31. The zero-order valence-electron chi connectivity index (χ0n) is 14.0. The molecule has 1 aliphatic rings. The minimum Gasteiger partial charge on any atom is -0.0654 e. The maximum atomic E-state index is 2.50. The Morgan fingerprint density at radius 3 is 2.25 bits per heavy atom. The lowest BCUT2D eigenvalue weighted by Gasteiger charge is -2.35. The van der Waals surface area contributed by atoms with Crippen LogP contribution in [0.15, 0.2) is 18.2 Å². The van der Waals surface area contributed by atoms with Gasteiger partial charge in [0.2, 0.25) is 0 Å². The second-order valence-electron chi connectivity index (χ2n) is 6.77. The molecule has 0 saturated heterocycles. The normalized spacial score (nSPS) is 20.1. The van der Waals surface area contributed by atoms with Crippen LogP contribution >= 0.6 is 0 Å². The van der Waals surface area contributed by atoms with Crippen LogP contribution in [0.3, 0.4) is 0 Å². The van der Waals surface area contributed by atoms with Crippen molar-refractivity contribution < 1.29 is 0 Å². The van der Waals surface area contributed by atoms with Crippen LogP contribution in [0.5, 0.6) is 0 Å². The van der Waals surface area contributed by atoms with Crippen molar-refractivity contribution in [1.82, 2.24) is 0 Å². The third kappa shape index (κ3) is 2.67. The Hall–Kier alpha value is -0.780. The molecule has 1 unspecified atom stereocenters. The molecule has 0 amide bonds. The molecule has 0 aromatic heterocycles. The largest absolute Gasteiger partial charge is 0.0654 e. The number of aryl methyl sites for hydroxylation is 1. The van der Waals surface area contributed by atoms with Gasteiger partial charge < -0.3 is 0 Å². The van der Waals surface area contributed by atoms with Crippen molar-refractivity contribution in [1.29, 1.82) is 0 Å². The second kappa shape index (κ2) is 6.78. The first-order valence-electron chi connectivity index (χ1n) is 8.80. The van der Waals surface area contributed by atoms with Gasteiger partial charge in [-0.3, -0.25) is 0 Å². The van der Waals surface area contributed by atoms with E-state index in [4.69, 9.17) is 0 Å². The quantitative estimate of drug-likeness (QED) is 0.566. The van der Waals surface area contributed by atoms with E-state index >= 15 is 0 Å². The molecule has 1 aliphatic carbocycles. The molecule has 0 bridgehead atoms. The summed E-state index contributed by atoms with van der Waals surface area (Å²) in [7, 11) is 0. The van der Waals surface area contributed by atoms with Gasteiger partial charge in [-0.1, -0.05) is 71.6 Å². The lowest BCUT2D eigenvalue weighted by molar-refractivity contribution is 0.257. The summed E-state index contributed by atoms with van der Waals surface area (Å²) in [5.41, 5.74) is 5.50. The fraction of sp³-hybridized carbons (Fsp3) is 0.700. The molecular weight excluding hydrogens is 240 g/mol. The van der Waals surface area contributed by atoms with E-state index in [1.54, 1.807) is 16.7 Å². The molecule has 0 fully saturated rings. The smallest absolute Gasteiger partial charge is 0.00154 e. The zero-order chi connectivity index (χ0) is 14.6. The summed E-state index contributed by atoms with van der Waals surface area (Å²) in [4.78, 5) is 0. The maximum absolute atomic E-state index is 2.50. The van der Waals surface area contributed by atoms with Gasteiger partial charge in [-0.2, -0.15) is 0 Å². The van der Waals surface area contributed by atoms with Gasteiger partial charge in [0.1, 0.15) is 0 Å². The Labute approximate surface area is 126 Å². The van der Waals surface area contributed by atoms with Crippen molar-refractivity contribution in [2.75, 3.05) is 0 Å². The summed E-state index contributed by atoms with van der Waals surface area (Å²) in [5, 5.41) is 0. The van der Waals surface area contributed by atoms with E-state index in [1.165, 1.54) is 51.4 Å². The van der Waals surface area contributed by atoms with E-state index in [9.17, 15) is 0 Å². The molecule has 1 aromatic carbocycles. The summed E-state index contributed by atoms with van der Waals surface area (Å²) < 4.78 is 0. The average molecular weight is 272 g/mol. The Bertz CT molecular complexity index is 422. The maximum Gasteiger partial charge on any atom is -0.00154 e. The van der Waals surface area contributed by atoms with Crippen LogP contribution in [0, 0.1) is 5.92 Å². The first-order chi connectivity index (χ1) is 9.69. The highest BCUT2D eigenvalue weighted by molar-refractivity contribution is 5.45. The van der Waals surface area contributed by atoms with E-state index in [1.807, 2.05) is 0 Å².